The number of aryl methyl sites for hydroxylation is 1. The Morgan fingerprint density at radius 1 is 1.48 bits per heavy atom. The van der Waals surface area contributed by atoms with Gasteiger partial charge in [0.2, 0.25) is 0 Å². The lowest BCUT2D eigenvalue weighted by Crippen LogP contribution is -2.48. The molecule has 1 aromatic heterocycles. The minimum Gasteiger partial charge on any atom is -0.479 e. The number of rotatable bonds is 3. The minimum atomic E-state index is -1.08. The second kappa shape index (κ2) is 6.03. The second-order valence-electron chi connectivity index (χ2n) is 5.28. The van der Waals surface area contributed by atoms with Gasteiger partial charge in [0, 0.05) is 13.6 Å². The van der Waals surface area contributed by atoms with E-state index in [2.05, 4.69) is 5.10 Å². The van der Waals surface area contributed by atoms with Gasteiger partial charge in [0.25, 0.3) is 5.91 Å². The fourth-order valence-electron chi connectivity index (χ4n) is 2.27. The molecule has 1 N–H and O–H groups in total. The van der Waals surface area contributed by atoms with Gasteiger partial charge in [-0.3, -0.25) is 9.48 Å². The summed E-state index contributed by atoms with van der Waals surface area (Å²) in [7, 11) is 1.67. The molecule has 116 valence electrons. The van der Waals surface area contributed by atoms with Crippen molar-refractivity contribution < 1.29 is 19.4 Å². The third-order valence-electron chi connectivity index (χ3n) is 3.39. The van der Waals surface area contributed by atoms with Crippen LogP contribution in [-0.4, -0.2) is 57.5 Å². The maximum absolute atomic E-state index is 12.7. The van der Waals surface area contributed by atoms with Crippen molar-refractivity contribution in [1.29, 1.82) is 0 Å². The van der Waals surface area contributed by atoms with Crippen LogP contribution in [0.15, 0.2) is 0 Å². The van der Waals surface area contributed by atoms with Gasteiger partial charge >= 0.3 is 5.97 Å². The van der Waals surface area contributed by atoms with Crippen LogP contribution < -0.4 is 0 Å². The molecule has 0 saturated carbocycles. The molecule has 0 aliphatic carbocycles. The topological polar surface area (TPSA) is 84.7 Å². The summed E-state index contributed by atoms with van der Waals surface area (Å²) < 4.78 is 6.58. The molecule has 1 saturated heterocycles. The predicted molar refractivity (Wildman–Crippen MR) is 75.6 cm³/mol. The second-order valence-corrected chi connectivity index (χ2v) is 5.64. The van der Waals surface area contributed by atoms with Crippen molar-refractivity contribution in [3.8, 4) is 0 Å². The highest BCUT2D eigenvalue weighted by Gasteiger charge is 2.33. The first kappa shape index (κ1) is 15.8. The number of carboxylic acid groups (broad SMARTS) is 1. The zero-order chi connectivity index (χ0) is 15.7. The van der Waals surface area contributed by atoms with Crippen molar-refractivity contribution in [3.63, 3.8) is 0 Å². The lowest BCUT2D eigenvalue weighted by Gasteiger charge is -2.31. The van der Waals surface area contributed by atoms with Gasteiger partial charge in [-0.05, 0) is 5.92 Å². The highest BCUT2D eigenvalue weighted by Crippen LogP contribution is 2.27. The van der Waals surface area contributed by atoms with E-state index >= 15 is 0 Å². The van der Waals surface area contributed by atoms with Gasteiger partial charge in [0.15, 0.2) is 6.10 Å². The number of aromatic nitrogens is 2. The molecule has 0 radical (unpaired) electrons. The van der Waals surface area contributed by atoms with Crippen LogP contribution in [-0.2, 0) is 16.6 Å². The van der Waals surface area contributed by atoms with E-state index in [1.54, 1.807) is 7.05 Å². The molecule has 1 unspecified atom stereocenters. The van der Waals surface area contributed by atoms with Crippen molar-refractivity contribution in [2.45, 2.75) is 25.9 Å². The lowest BCUT2D eigenvalue weighted by molar-refractivity contribution is -0.154. The quantitative estimate of drug-likeness (QED) is 0.903. The predicted octanol–water partition coefficient (Wildman–Crippen LogP) is 1.12. The number of aliphatic carboxylic acids is 1. The zero-order valence-electron chi connectivity index (χ0n) is 12.2. The van der Waals surface area contributed by atoms with E-state index in [1.807, 2.05) is 13.8 Å². The molecule has 1 atom stereocenters. The third kappa shape index (κ3) is 3.03. The summed E-state index contributed by atoms with van der Waals surface area (Å²) in [6.45, 7) is 4.39. The molecule has 0 aromatic carbocycles. The number of hydrogen-bond acceptors (Lipinski definition) is 4. The number of morpholine rings is 1. The number of ether oxygens (including phenoxy) is 1. The van der Waals surface area contributed by atoms with E-state index in [-0.39, 0.29) is 30.1 Å². The summed E-state index contributed by atoms with van der Waals surface area (Å²) in [5, 5.41) is 13.5. The summed E-state index contributed by atoms with van der Waals surface area (Å²) in [5.74, 6) is -1.33. The average Bonchev–Trinajstić information content (AvgIpc) is 2.74. The number of nitrogens with zero attached hydrogens (tertiary/aromatic N) is 3. The highest BCUT2D eigenvalue weighted by molar-refractivity contribution is 6.33. The van der Waals surface area contributed by atoms with Crippen LogP contribution in [0.3, 0.4) is 0 Å². The molecule has 1 amide bonds. The SMILES string of the molecule is CC(C)c1nn(C)c(Cl)c1C(=O)N1CCOC(C(=O)O)C1. The van der Waals surface area contributed by atoms with Gasteiger partial charge in [-0.2, -0.15) is 5.10 Å². The Morgan fingerprint density at radius 2 is 2.14 bits per heavy atom. The Kier molecular flexibility index (Phi) is 4.53. The molecule has 1 fully saturated rings. The van der Waals surface area contributed by atoms with E-state index in [1.165, 1.54) is 9.58 Å². The zero-order valence-corrected chi connectivity index (χ0v) is 12.9. The Bertz CT molecular complexity index is 570. The van der Waals surface area contributed by atoms with E-state index < -0.39 is 12.1 Å². The minimum absolute atomic E-state index is 0.0108. The van der Waals surface area contributed by atoms with Crippen LogP contribution >= 0.6 is 11.6 Å². The van der Waals surface area contributed by atoms with Crippen LogP contribution in [0.1, 0.15) is 35.8 Å². The molecule has 2 rings (SSSR count). The van der Waals surface area contributed by atoms with E-state index in [0.29, 0.717) is 17.8 Å². The molecule has 2 heterocycles. The molecule has 1 aliphatic rings. The average molecular weight is 316 g/mol. The number of halogens is 1. The molecule has 21 heavy (non-hydrogen) atoms. The van der Waals surface area contributed by atoms with Crippen molar-refractivity contribution in [1.82, 2.24) is 14.7 Å². The van der Waals surface area contributed by atoms with Gasteiger partial charge in [0.05, 0.1) is 24.4 Å². The summed E-state index contributed by atoms with van der Waals surface area (Å²) in [4.78, 5) is 25.1. The van der Waals surface area contributed by atoms with Crippen molar-refractivity contribution >= 4 is 23.5 Å². The van der Waals surface area contributed by atoms with E-state index in [0.717, 1.165) is 0 Å². The van der Waals surface area contributed by atoms with Crippen LogP contribution in [0.25, 0.3) is 0 Å². The monoisotopic (exact) mass is 315 g/mol. The van der Waals surface area contributed by atoms with Gasteiger partial charge < -0.3 is 14.7 Å². The Hall–Kier alpha value is -1.60. The van der Waals surface area contributed by atoms with Gasteiger partial charge in [-0.25, -0.2) is 4.79 Å². The molecule has 1 aliphatic heterocycles. The molecule has 8 heteroatoms. The first-order valence-electron chi connectivity index (χ1n) is 6.69. The number of carbonyl (C=O) groups excluding carboxylic acids is 1. The summed E-state index contributed by atoms with van der Waals surface area (Å²) in [6.07, 6.45) is -0.999. The van der Waals surface area contributed by atoms with E-state index in [4.69, 9.17) is 21.4 Å². The Balaban J connectivity index is 2.30. The Morgan fingerprint density at radius 3 is 2.71 bits per heavy atom. The van der Waals surface area contributed by atoms with Crippen LogP contribution in [0.2, 0.25) is 5.15 Å². The molecule has 0 spiro atoms. The summed E-state index contributed by atoms with van der Waals surface area (Å²) >= 11 is 6.18. The van der Waals surface area contributed by atoms with E-state index in [9.17, 15) is 9.59 Å². The van der Waals surface area contributed by atoms with Gasteiger partial charge in [-0.1, -0.05) is 25.4 Å². The fourth-order valence-corrected chi connectivity index (χ4v) is 2.48. The highest BCUT2D eigenvalue weighted by atomic mass is 35.5. The fraction of sp³-hybridized carbons (Fsp3) is 0.615. The Labute approximate surface area is 127 Å². The van der Waals surface area contributed by atoms with Gasteiger partial charge in [-0.15, -0.1) is 0 Å². The lowest BCUT2D eigenvalue weighted by atomic mass is 10.1. The van der Waals surface area contributed by atoms with Crippen LogP contribution in [0, 0.1) is 0 Å². The largest absolute Gasteiger partial charge is 0.479 e. The summed E-state index contributed by atoms with van der Waals surface area (Å²) in [6, 6.07) is 0. The van der Waals surface area contributed by atoms with Crippen molar-refractivity contribution in [2.75, 3.05) is 19.7 Å². The van der Waals surface area contributed by atoms with Crippen molar-refractivity contribution in [3.05, 3.63) is 16.4 Å². The first-order chi connectivity index (χ1) is 9.82. The first-order valence-corrected chi connectivity index (χ1v) is 7.06. The summed E-state index contributed by atoms with van der Waals surface area (Å²) in [5.41, 5.74) is 0.964. The number of carbonyl (C=O) groups is 2. The van der Waals surface area contributed by atoms with Gasteiger partial charge in [0.1, 0.15) is 5.15 Å². The number of carboxylic acids is 1. The maximum Gasteiger partial charge on any atom is 0.334 e. The molecular formula is C13H18ClN3O4. The molecule has 1 aromatic rings. The van der Waals surface area contributed by atoms with Crippen molar-refractivity contribution in [2.24, 2.45) is 7.05 Å². The molecule has 7 nitrogen and oxygen atoms in total. The number of amides is 1. The molecule has 0 bridgehead atoms. The number of hydrogen-bond donors (Lipinski definition) is 1. The smallest absolute Gasteiger partial charge is 0.334 e. The van der Waals surface area contributed by atoms with Crippen LogP contribution in [0.4, 0.5) is 0 Å². The normalized spacial score (nSPS) is 19.1. The maximum atomic E-state index is 12.7. The standard InChI is InChI=1S/C13H18ClN3O4/c1-7(2)10-9(11(14)16(3)15-10)12(18)17-4-5-21-8(6-17)13(19)20/h7-8H,4-6H2,1-3H3,(H,19,20). The molecular weight excluding hydrogens is 298 g/mol. The van der Waals surface area contributed by atoms with Crippen LogP contribution in [0.5, 0.6) is 0 Å². The third-order valence-corrected chi connectivity index (χ3v) is 3.83.